The summed E-state index contributed by atoms with van der Waals surface area (Å²) < 4.78 is 48.6. The molecule has 0 saturated carbocycles. The van der Waals surface area contributed by atoms with Gasteiger partial charge in [0, 0.05) is 0 Å². The number of halogens is 3. The van der Waals surface area contributed by atoms with Crippen molar-refractivity contribution in [3.05, 3.63) is 59.2 Å². The smallest absolute Gasteiger partial charge is 0.416 e. The predicted octanol–water partition coefficient (Wildman–Crippen LogP) is 4.11. The number of hydrogen-bond donors (Lipinski definition) is 0. The number of para-hydroxylation sites is 1. The van der Waals surface area contributed by atoms with Crippen molar-refractivity contribution in [1.82, 2.24) is 0 Å². The molecule has 2 aromatic rings. The molecule has 0 aliphatic carbocycles. The van der Waals surface area contributed by atoms with E-state index < -0.39 is 11.7 Å². The second kappa shape index (κ2) is 6.51. The first-order chi connectivity index (χ1) is 10.5. The number of rotatable bonds is 5. The number of alkyl halides is 3. The molecule has 0 fully saturated rings. The van der Waals surface area contributed by atoms with Crippen molar-refractivity contribution in [2.24, 2.45) is 0 Å². The van der Waals surface area contributed by atoms with Crippen LogP contribution in [-0.4, -0.2) is 13.4 Å². The van der Waals surface area contributed by atoms with Crippen molar-refractivity contribution >= 4 is 6.29 Å². The maximum atomic E-state index is 12.7. The Morgan fingerprint density at radius 3 is 2.50 bits per heavy atom. The lowest BCUT2D eigenvalue weighted by atomic mass is 10.1. The first-order valence-electron chi connectivity index (χ1n) is 6.37. The van der Waals surface area contributed by atoms with Crippen molar-refractivity contribution in [2.75, 3.05) is 7.11 Å². The highest BCUT2D eigenvalue weighted by atomic mass is 19.4. The lowest BCUT2D eigenvalue weighted by Gasteiger charge is -2.13. The van der Waals surface area contributed by atoms with Gasteiger partial charge in [0.1, 0.15) is 6.61 Å². The van der Waals surface area contributed by atoms with Gasteiger partial charge in [-0.05, 0) is 29.8 Å². The number of aldehydes is 1. The monoisotopic (exact) mass is 310 g/mol. The van der Waals surface area contributed by atoms with Gasteiger partial charge in [0.05, 0.1) is 18.2 Å². The van der Waals surface area contributed by atoms with E-state index in [4.69, 9.17) is 9.47 Å². The fraction of sp³-hybridized carbons (Fsp3) is 0.188. The van der Waals surface area contributed by atoms with Crippen molar-refractivity contribution in [2.45, 2.75) is 12.8 Å². The summed E-state index contributed by atoms with van der Waals surface area (Å²) in [7, 11) is 1.42. The molecule has 0 heterocycles. The van der Waals surface area contributed by atoms with E-state index in [0.717, 1.165) is 12.1 Å². The zero-order valence-corrected chi connectivity index (χ0v) is 11.7. The number of carbonyl (C=O) groups is 1. The Morgan fingerprint density at radius 1 is 1.14 bits per heavy atom. The van der Waals surface area contributed by atoms with Crippen LogP contribution in [0.1, 0.15) is 21.5 Å². The summed E-state index contributed by atoms with van der Waals surface area (Å²) in [5, 5.41) is 0. The van der Waals surface area contributed by atoms with E-state index in [1.54, 1.807) is 12.1 Å². The molecule has 0 radical (unpaired) electrons. The Labute approximate surface area is 125 Å². The third-order valence-electron chi connectivity index (χ3n) is 2.99. The Morgan fingerprint density at radius 2 is 1.86 bits per heavy atom. The third kappa shape index (κ3) is 3.58. The van der Waals surface area contributed by atoms with Crippen LogP contribution in [0, 0.1) is 0 Å². The molecule has 6 heteroatoms. The van der Waals surface area contributed by atoms with E-state index in [-0.39, 0.29) is 17.9 Å². The van der Waals surface area contributed by atoms with Crippen LogP contribution in [0.15, 0.2) is 42.5 Å². The number of hydrogen-bond acceptors (Lipinski definition) is 3. The summed E-state index contributed by atoms with van der Waals surface area (Å²) in [6.45, 7) is -0.106. The number of methoxy groups -OCH3 is 1. The number of ether oxygens (including phenoxy) is 2. The zero-order chi connectivity index (χ0) is 16.2. The van der Waals surface area contributed by atoms with Gasteiger partial charge in [0.15, 0.2) is 17.8 Å². The molecule has 0 aliphatic heterocycles. The van der Waals surface area contributed by atoms with Crippen LogP contribution < -0.4 is 9.47 Å². The molecule has 0 spiro atoms. The predicted molar refractivity (Wildman–Crippen MR) is 74.2 cm³/mol. The second-order valence-corrected chi connectivity index (χ2v) is 4.48. The van der Waals surface area contributed by atoms with Crippen molar-refractivity contribution in [1.29, 1.82) is 0 Å². The Kier molecular flexibility index (Phi) is 4.70. The van der Waals surface area contributed by atoms with Crippen LogP contribution in [0.2, 0.25) is 0 Å². The average molecular weight is 310 g/mol. The summed E-state index contributed by atoms with van der Waals surface area (Å²) >= 11 is 0. The lowest BCUT2D eigenvalue weighted by molar-refractivity contribution is -0.137. The molecule has 0 atom stereocenters. The molecule has 3 nitrogen and oxygen atoms in total. The molecule has 0 bridgehead atoms. The molecule has 0 saturated heterocycles. The summed E-state index contributed by atoms with van der Waals surface area (Å²) in [5.74, 6) is 0.550. The van der Waals surface area contributed by atoms with E-state index in [0.29, 0.717) is 17.6 Å². The quantitative estimate of drug-likeness (QED) is 0.780. The van der Waals surface area contributed by atoms with Gasteiger partial charge in [-0.2, -0.15) is 13.2 Å². The summed E-state index contributed by atoms with van der Waals surface area (Å²) in [6.07, 6.45) is -3.81. The van der Waals surface area contributed by atoms with Gasteiger partial charge in [-0.3, -0.25) is 4.79 Å². The largest absolute Gasteiger partial charge is 0.493 e. The van der Waals surface area contributed by atoms with Crippen LogP contribution in [-0.2, 0) is 12.8 Å². The Bertz CT molecular complexity index is 666. The minimum atomic E-state index is -4.41. The highest BCUT2D eigenvalue weighted by molar-refractivity contribution is 5.81. The summed E-state index contributed by atoms with van der Waals surface area (Å²) in [4.78, 5) is 11.0. The van der Waals surface area contributed by atoms with Crippen LogP contribution in [0.25, 0.3) is 0 Å². The fourth-order valence-corrected chi connectivity index (χ4v) is 1.93. The minimum absolute atomic E-state index is 0.106. The first-order valence-corrected chi connectivity index (χ1v) is 6.37. The van der Waals surface area contributed by atoms with Crippen molar-refractivity contribution in [3.8, 4) is 11.5 Å². The van der Waals surface area contributed by atoms with Crippen LogP contribution in [0.3, 0.4) is 0 Å². The Hall–Kier alpha value is -2.50. The summed E-state index contributed by atoms with van der Waals surface area (Å²) in [6, 6.07) is 9.60. The van der Waals surface area contributed by atoms with E-state index in [9.17, 15) is 18.0 Å². The van der Waals surface area contributed by atoms with Crippen LogP contribution in [0.5, 0.6) is 11.5 Å². The topological polar surface area (TPSA) is 35.5 Å². The normalized spacial score (nSPS) is 11.1. The SMILES string of the molecule is COc1cccc(C=O)c1OCc1cccc(C(F)(F)F)c1. The van der Waals surface area contributed by atoms with Gasteiger partial charge in [-0.25, -0.2) is 0 Å². The van der Waals surface area contributed by atoms with Crippen LogP contribution in [0.4, 0.5) is 13.2 Å². The second-order valence-electron chi connectivity index (χ2n) is 4.48. The molecular formula is C16H13F3O3. The standard InChI is InChI=1S/C16H13F3O3/c1-21-14-7-3-5-12(9-20)15(14)22-10-11-4-2-6-13(8-11)16(17,18)19/h2-9H,10H2,1H3. The molecule has 2 rings (SSSR count). The lowest BCUT2D eigenvalue weighted by Crippen LogP contribution is -2.06. The van der Waals surface area contributed by atoms with Gasteiger partial charge in [-0.1, -0.05) is 18.2 Å². The maximum absolute atomic E-state index is 12.7. The first kappa shape index (κ1) is 15.9. The highest BCUT2D eigenvalue weighted by Crippen LogP contribution is 2.32. The molecule has 0 N–H and O–H groups in total. The minimum Gasteiger partial charge on any atom is -0.493 e. The molecule has 0 aliphatic rings. The molecule has 22 heavy (non-hydrogen) atoms. The van der Waals surface area contributed by atoms with Gasteiger partial charge in [-0.15, -0.1) is 0 Å². The molecular weight excluding hydrogens is 297 g/mol. The van der Waals surface area contributed by atoms with Crippen LogP contribution >= 0.6 is 0 Å². The van der Waals surface area contributed by atoms with E-state index in [1.807, 2.05) is 0 Å². The average Bonchev–Trinajstić information content (AvgIpc) is 2.52. The maximum Gasteiger partial charge on any atom is 0.416 e. The fourth-order valence-electron chi connectivity index (χ4n) is 1.93. The van der Waals surface area contributed by atoms with Crippen molar-refractivity contribution < 1.29 is 27.4 Å². The number of carbonyl (C=O) groups excluding carboxylic acids is 1. The van der Waals surface area contributed by atoms with Gasteiger partial charge in [0.2, 0.25) is 0 Å². The van der Waals surface area contributed by atoms with Gasteiger partial charge in [0.25, 0.3) is 0 Å². The van der Waals surface area contributed by atoms with Gasteiger partial charge < -0.3 is 9.47 Å². The van der Waals surface area contributed by atoms with E-state index in [2.05, 4.69) is 0 Å². The molecule has 2 aromatic carbocycles. The van der Waals surface area contributed by atoms with E-state index in [1.165, 1.54) is 25.3 Å². The molecule has 0 unspecified atom stereocenters. The summed E-state index contributed by atoms with van der Waals surface area (Å²) in [5.41, 5.74) is -0.131. The molecule has 0 aromatic heterocycles. The highest BCUT2D eigenvalue weighted by Gasteiger charge is 2.30. The Balaban J connectivity index is 2.22. The number of benzene rings is 2. The van der Waals surface area contributed by atoms with Gasteiger partial charge >= 0.3 is 6.18 Å². The molecule has 0 amide bonds. The molecule has 116 valence electrons. The zero-order valence-electron chi connectivity index (χ0n) is 11.7. The van der Waals surface area contributed by atoms with Crippen molar-refractivity contribution in [3.63, 3.8) is 0 Å². The van der Waals surface area contributed by atoms with E-state index >= 15 is 0 Å². The third-order valence-corrected chi connectivity index (χ3v) is 2.99.